The quantitative estimate of drug-likeness (QED) is 0.427. The molecular weight excluding hydrogens is 450 g/mol. The number of ether oxygens (including phenoxy) is 1. The summed E-state index contributed by atoms with van der Waals surface area (Å²) in [6, 6.07) is 7.44. The molecule has 0 aliphatic carbocycles. The first-order valence-electron chi connectivity index (χ1n) is 8.08. The summed E-state index contributed by atoms with van der Waals surface area (Å²) < 4.78 is 7.16. The average Bonchev–Trinajstić information content (AvgIpc) is 3.25. The van der Waals surface area contributed by atoms with Crippen molar-refractivity contribution in [2.75, 3.05) is 12.4 Å². The van der Waals surface area contributed by atoms with E-state index in [4.69, 9.17) is 21.3 Å². The van der Waals surface area contributed by atoms with E-state index in [1.54, 1.807) is 13.3 Å². The first-order valence-corrected chi connectivity index (χ1v) is 9.33. The van der Waals surface area contributed by atoms with E-state index in [1.807, 2.05) is 40.2 Å². The van der Waals surface area contributed by atoms with Gasteiger partial charge in [0.2, 0.25) is 5.78 Å². The van der Waals surface area contributed by atoms with Gasteiger partial charge in [0.25, 0.3) is 0 Å². The van der Waals surface area contributed by atoms with Crippen LogP contribution in [0.2, 0.25) is 5.02 Å². The summed E-state index contributed by atoms with van der Waals surface area (Å²) in [5.74, 6) is 1.33. The van der Waals surface area contributed by atoms with Gasteiger partial charge in [0.1, 0.15) is 11.4 Å². The lowest BCUT2D eigenvalue weighted by molar-refractivity contribution is 0.415. The van der Waals surface area contributed by atoms with Crippen molar-refractivity contribution in [2.45, 2.75) is 13.3 Å². The van der Waals surface area contributed by atoms with Crippen molar-refractivity contribution in [3.63, 3.8) is 0 Å². The molecule has 0 bridgehead atoms. The van der Waals surface area contributed by atoms with Crippen molar-refractivity contribution < 1.29 is 4.74 Å². The molecule has 3 aromatic heterocycles. The monoisotopic (exact) mass is 465 g/mol. The van der Waals surface area contributed by atoms with E-state index in [-0.39, 0.29) is 17.0 Å². The average molecular weight is 467 g/mol. The largest absolute Gasteiger partial charge is 0.495 e. The van der Waals surface area contributed by atoms with Gasteiger partial charge in [0.15, 0.2) is 5.13 Å². The molecule has 0 radical (unpaired) electrons. The molecule has 9 heteroatoms. The van der Waals surface area contributed by atoms with E-state index >= 15 is 0 Å². The molecule has 0 aliphatic rings. The van der Waals surface area contributed by atoms with Crippen LogP contribution in [0.15, 0.2) is 42.0 Å². The van der Waals surface area contributed by atoms with Crippen molar-refractivity contribution in [3.8, 4) is 17.1 Å². The topological polar surface area (TPSA) is 64.3 Å². The van der Waals surface area contributed by atoms with Crippen LogP contribution in [-0.4, -0.2) is 26.5 Å². The molecule has 4 aromatic rings. The molecular formula is C18H17BrClN5OS. The third-order valence-corrected chi connectivity index (χ3v) is 5.01. The molecule has 1 aromatic carbocycles. The molecule has 0 saturated carbocycles. The summed E-state index contributed by atoms with van der Waals surface area (Å²) in [5, 5.41) is 6.63. The predicted molar refractivity (Wildman–Crippen MR) is 115 cm³/mol. The highest BCUT2D eigenvalue weighted by Crippen LogP contribution is 2.32. The molecule has 4 rings (SSSR count). The van der Waals surface area contributed by atoms with Crippen LogP contribution in [0.3, 0.4) is 0 Å². The lowest BCUT2D eigenvalue weighted by Crippen LogP contribution is -1.94. The summed E-state index contributed by atoms with van der Waals surface area (Å²) in [6.07, 6.45) is 4.51. The van der Waals surface area contributed by atoms with Crippen LogP contribution in [0, 0.1) is 0 Å². The molecule has 3 heterocycles. The highest BCUT2D eigenvalue weighted by molar-refractivity contribution is 8.93. The van der Waals surface area contributed by atoms with E-state index < -0.39 is 0 Å². The Labute approximate surface area is 176 Å². The van der Waals surface area contributed by atoms with Crippen LogP contribution in [0.5, 0.6) is 5.75 Å². The first-order chi connectivity index (χ1) is 12.7. The number of fused-ring (bicyclic) bond motifs is 1. The molecule has 140 valence electrons. The molecule has 0 unspecified atom stereocenters. The van der Waals surface area contributed by atoms with E-state index in [2.05, 4.69) is 22.2 Å². The maximum absolute atomic E-state index is 6.19. The summed E-state index contributed by atoms with van der Waals surface area (Å²) in [5.41, 5.74) is 3.68. The smallest absolute Gasteiger partial charge is 0.234 e. The SMILES string of the molecule is Br.CCc1nc2ncccn2c1-c1csc(Nc2ccc(OC)c(Cl)c2)n1. The minimum Gasteiger partial charge on any atom is -0.495 e. The number of hydrogen-bond donors (Lipinski definition) is 1. The number of anilines is 2. The molecule has 0 atom stereocenters. The van der Waals surface area contributed by atoms with Crippen LogP contribution in [-0.2, 0) is 6.42 Å². The number of nitrogens with zero attached hydrogens (tertiary/aromatic N) is 4. The maximum atomic E-state index is 6.19. The molecule has 6 nitrogen and oxygen atoms in total. The maximum Gasteiger partial charge on any atom is 0.234 e. The molecule has 0 spiro atoms. The summed E-state index contributed by atoms with van der Waals surface area (Å²) in [7, 11) is 1.59. The van der Waals surface area contributed by atoms with Gasteiger partial charge >= 0.3 is 0 Å². The zero-order valence-corrected chi connectivity index (χ0v) is 17.9. The number of aryl methyl sites for hydroxylation is 1. The van der Waals surface area contributed by atoms with Gasteiger partial charge in [-0.05, 0) is 30.7 Å². The van der Waals surface area contributed by atoms with E-state index in [0.717, 1.165) is 34.3 Å². The zero-order chi connectivity index (χ0) is 18.1. The Morgan fingerprint density at radius 3 is 2.89 bits per heavy atom. The molecule has 0 saturated heterocycles. The van der Waals surface area contributed by atoms with E-state index in [9.17, 15) is 0 Å². The fourth-order valence-electron chi connectivity index (χ4n) is 2.76. The summed E-state index contributed by atoms with van der Waals surface area (Å²) in [4.78, 5) is 13.6. The van der Waals surface area contributed by atoms with Crippen LogP contribution in [0.1, 0.15) is 12.6 Å². The summed E-state index contributed by atoms with van der Waals surface area (Å²) >= 11 is 7.71. The summed E-state index contributed by atoms with van der Waals surface area (Å²) in [6.45, 7) is 2.08. The number of imidazole rings is 1. The van der Waals surface area contributed by atoms with Gasteiger partial charge in [-0.3, -0.25) is 4.40 Å². The Bertz CT molecular complexity index is 1080. The Balaban J connectivity index is 0.00000210. The number of aromatic nitrogens is 4. The van der Waals surface area contributed by atoms with Crippen LogP contribution < -0.4 is 10.1 Å². The third kappa shape index (κ3) is 3.78. The number of methoxy groups -OCH3 is 1. The number of benzene rings is 1. The Hall–Kier alpha value is -2.16. The number of rotatable bonds is 5. The van der Waals surface area contributed by atoms with Gasteiger partial charge in [0.05, 0.1) is 23.5 Å². The highest BCUT2D eigenvalue weighted by Gasteiger charge is 2.16. The molecule has 0 aliphatic heterocycles. The first kappa shape index (κ1) is 19.6. The minimum absolute atomic E-state index is 0. The normalized spacial score (nSPS) is 10.6. The van der Waals surface area contributed by atoms with Crippen LogP contribution in [0.4, 0.5) is 10.8 Å². The Kier molecular flexibility index (Phi) is 5.98. The second kappa shape index (κ2) is 8.24. The van der Waals surface area contributed by atoms with Crippen molar-refractivity contribution in [1.82, 2.24) is 19.4 Å². The molecule has 0 amide bonds. The minimum atomic E-state index is 0. The van der Waals surface area contributed by atoms with Gasteiger partial charge in [-0.25, -0.2) is 15.0 Å². The zero-order valence-electron chi connectivity index (χ0n) is 14.6. The molecule has 27 heavy (non-hydrogen) atoms. The van der Waals surface area contributed by atoms with Crippen molar-refractivity contribution in [2.24, 2.45) is 0 Å². The van der Waals surface area contributed by atoms with Gasteiger partial charge in [-0.1, -0.05) is 18.5 Å². The Morgan fingerprint density at radius 1 is 1.30 bits per heavy atom. The van der Waals surface area contributed by atoms with Gasteiger partial charge in [-0.15, -0.1) is 28.3 Å². The van der Waals surface area contributed by atoms with Crippen molar-refractivity contribution >= 4 is 56.5 Å². The highest BCUT2D eigenvalue weighted by atomic mass is 79.9. The van der Waals surface area contributed by atoms with Crippen molar-refractivity contribution in [1.29, 1.82) is 0 Å². The second-order valence-corrected chi connectivity index (χ2v) is 6.83. The van der Waals surface area contributed by atoms with Crippen LogP contribution >= 0.6 is 39.9 Å². The number of halogens is 2. The fourth-order valence-corrected chi connectivity index (χ4v) is 3.73. The molecule has 1 N–H and O–H groups in total. The van der Waals surface area contributed by atoms with Gasteiger partial charge in [0, 0.05) is 23.5 Å². The van der Waals surface area contributed by atoms with Crippen molar-refractivity contribution in [3.05, 3.63) is 52.8 Å². The predicted octanol–water partition coefficient (Wildman–Crippen LogP) is 5.40. The van der Waals surface area contributed by atoms with Crippen LogP contribution in [0.25, 0.3) is 17.2 Å². The van der Waals surface area contributed by atoms with Gasteiger partial charge in [-0.2, -0.15) is 0 Å². The molecule has 0 fully saturated rings. The van der Waals surface area contributed by atoms with E-state index in [0.29, 0.717) is 16.5 Å². The lowest BCUT2D eigenvalue weighted by Gasteiger charge is -2.06. The fraction of sp³-hybridized carbons (Fsp3) is 0.167. The number of nitrogens with one attached hydrogen (secondary N) is 1. The number of thiazole rings is 1. The Morgan fingerprint density at radius 2 is 2.15 bits per heavy atom. The second-order valence-electron chi connectivity index (χ2n) is 5.56. The van der Waals surface area contributed by atoms with Gasteiger partial charge < -0.3 is 10.1 Å². The number of hydrogen-bond acceptors (Lipinski definition) is 6. The lowest BCUT2D eigenvalue weighted by atomic mass is 10.2. The third-order valence-electron chi connectivity index (χ3n) is 3.96. The standard InChI is InChI=1S/C18H16ClN5OS.BrH/c1-3-13-16(24-8-4-7-20-17(24)22-13)14-10-26-18(23-14)21-11-5-6-15(25-2)12(19)9-11;/h4-10H,3H2,1-2H3,(H,21,23);1H. The van der Waals surface area contributed by atoms with E-state index in [1.165, 1.54) is 11.3 Å².